The van der Waals surface area contributed by atoms with Gasteiger partial charge in [-0.15, -0.1) is 0 Å². The standard InChI is InChI=1S/C17H26BrNO/c1-17(2,7-8-20-3)12-19-16-10-14(11-16)13-5-4-6-15(18)9-13/h4-6,9,14,16,19H,7-8,10-12H2,1-3H3. The fraction of sp³-hybridized carbons (Fsp3) is 0.647. The predicted molar refractivity (Wildman–Crippen MR) is 88.2 cm³/mol. The molecular weight excluding hydrogens is 314 g/mol. The number of hydrogen-bond donors (Lipinski definition) is 1. The number of nitrogens with one attached hydrogen (secondary N) is 1. The van der Waals surface area contributed by atoms with E-state index in [1.165, 1.54) is 22.9 Å². The van der Waals surface area contributed by atoms with Gasteiger partial charge in [-0.3, -0.25) is 0 Å². The lowest BCUT2D eigenvalue weighted by atomic mass is 9.75. The van der Waals surface area contributed by atoms with Gasteiger partial charge >= 0.3 is 0 Å². The molecule has 1 saturated carbocycles. The molecule has 1 aliphatic rings. The number of hydrogen-bond acceptors (Lipinski definition) is 2. The SMILES string of the molecule is COCCC(C)(C)CNC1CC(c2cccc(Br)c2)C1. The van der Waals surface area contributed by atoms with Crippen molar-refractivity contribution in [1.29, 1.82) is 0 Å². The van der Waals surface area contributed by atoms with Gasteiger partial charge in [-0.25, -0.2) is 0 Å². The van der Waals surface area contributed by atoms with Crippen LogP contribution in [-0.2, 0) is 4.74 Å². The monoisotopic (exact) mass is 339 g/mol. The molecule has 1 N–H and O–H groups in total. The lowest BCUT2D eigenvalue weighted by Gasteiger charge is -2.38. The predicted octanol–water partition coefficient (Wildman–Crippen LogP) is 4.35. The van der Waals surface area contributed by atoms with Crippen molar-refractivity contribution in [2.45, 2.75) is 45.1 Å². The zero-order valence-corrected chi connectivity index (χ0v) is 14.4. The van der Waals surface area contributed by atoms with Crippen LogP contribution in [0.5, 0.6) is 0 Å². The van der Waals surface area contributed by atoms with Crippen molar-refractivity contribution in [3.63, 3.8) is 0 Å². The van der Waals surface area contributed by atoms with Crippen molar-refractivity contribution >= 4 is 15.9 Å². The van der Waals surface area contributed by atoms with E-state index < -0.39 is 0 Å². The van der Waals surface area contributed by atoms with Crippen molar-refractivity contribution < 1.29 is 4.74 Å². The van der Waals surface area contributed by atoms with E-state index in [-0.39, 0.29) is 0 Å². The molecule has 1 aliphatic carbocycles. The van der Waals surface area contributed by atoms with Gasteiger partial charge < -0.3 is 10.1 Å². The molecule has 1 aromatic carbocycles. The van der Waals surface area contributed by atoms with Crippen LogP contribution in [0.25, 0.3) is 0 Å². The summed E-state index contributed by atoms with van der Waals surface area (Å²) in [6.45, 7) is 6.54. The molecule has 0 radical (unpaired) electrons. The fourth-order valence-electron chi connectivity index (χ4n) is 2.70. The van der Waals surface area contributed by atoms with Crippen LogP contribution in [-0.4, -0.2) is 26.3 Å². The summed E-state index contributed by atoms with van der Waals surface area (Å²) in [6.07, 6.45) is 3.63. The average Bonchev–Trinajstić information content (AvgIpc) is 2.34. The highest BCUT2D eigenvalue weighted by Gasteiger charge is 2.31. The summed E-state index contributed by atoms with van der Waals surface area (Å²) in [5.74, 6) is 0.729. The summed E-state index contributed by atoms with van der Waals surface area (Å²) < 4.78 is 6.37. The van der Waals surface area contributed by atoms with E-state index in [0.717, 1.165) is 25.5 Å². The Kier molecular flexibility index (Phi) is 5.65. The van der Waals surface area contributed by atoms with Gasteiger partial charge in [0, 0.05) is 30.8 Å². The number of halogens is 1. The van der Waals surface area contributed by atoms with Crippen LogP contribution >= 0.6 is 15.9 Å². The summed E-state index contributed by atoms with van der Waals surface area (Å²) in [7, 11) is 1.78. The first-order valence-corrected chi connectivity index (χ1v) is 8.27. The molecule has 2 nitrogen and oxygen atoms in total. The normalized spacial score (nSPS) is 22.6. The second-order valence-corrected chi connectivity index (χ2v) is 7.62. The van der Waals surface area contributed by atoms with E-state index in [2.05, 4.69) is 59.4 Å². The first kappa shape index (κ1) is 16.0. The molecule has 0 aromatic heterocycles. The van der Waals surface area contributed by atoms with Crippen LogP contribution in [0.4, 0.5) is 0 Å². The Balaban J connectivity index is 1.72. The zero-order chi connectivity index (χ0) is 14.6. The smallest absolute Gasteiger partial charge is 0.0467 e. The lowest BCUT2D eigenvalue weighted by molar-refractivity contribution is 0.144. The molecule has 112 valence electrons. The molecule has 0 spiro atoms. The molecule has 0 saturated heterocycles. The summed E-state index contributed by atoms with van der Waals surface area (Å²) in [5, 5.41) is 3.72. The summed E-state index contributed by atoms with van der Waals surface area (Å²) in [5.41, 5.74) is 1.78. The van der Waals surface area contributed by atoms with Crippen LogP contribution < -0.4 is 5.32 Å². The second kappa shape index (κ2) is 7.06. The summed E-state index contributed by atoms with van der Waals surface area (Å²) >= 11 is 3.55. The van der Waals surface area contributed by atoms with Gasteiger partial charge in [0.1, 0.15) is 0 Å². The molecule has 1 fully saturated rings. The molecule has 0 heterocycles. The Bertz CT molecular complexity index is 427. The number of benzene rings is 1. The average molecular weight is 340 g/mol. The quantitative estimate of drug-likeness (QED) is 0.797. The largest absolute Gasteiger partial charge is 0.385 e. The van der Waals surface area contributed by atoms with E-state index in [9.17, 15) is 0 Å². The van der Waals surface area contributed by atoms with Gasteiger partial charge in [0.05, 0.1) is 0 Å². The van der Waals surface area contributed by atoms with E-state index in [4.69, 9.17) is 4.74 Å². The highest BCUT2D eigenvalue weighted by atomic mass is 79.9. The second-order valence-electron chi connectivity index (χ2n) is 6.71. The van der Waals surface area contributed by atoms with Crippen LogP contribution in [0.3, 0.4) is 0 Å². The third-order valence-electron chi connectivity index (χ3n) is 4.31. The number of rotatable bonds is 7. The maximum atomic E-state index is 5.18. The minimum atomic E-state index is 0.316. The first-order chi connectivity index (χ1) is 9.50. The van der Waals surface area contributed by atoms with Gasteiger partial charge in [0.25, 0.3) is 0 Å². The molecule has 20 heavy (non-hydrogen) atoms. The number of methoxy groups -OCH3 is 1. The molecule has 0 unspecified atom stereocenters. The highest BCUT2D eigenvalue weighted by molar-refractivity contribution is 9.10. The van der Waals surface area contributed by atoms with Crippen molar-refractivity contribution in [3.8, 4) is 0 Å². The van der Waals surface area contributed by atoms with Crippen molar-refractivity contribution in [2.24, 2.45) is 5.41 Å². The third kappa shape index (κ3) is 4.57. The van der Waals surface area contributed by atoms with E-state index in [1.807, 2.05) is 0 Å². The van der Waals surface area contributed by atoms with Gasteiger partial charge in [-0.05, 0) is 48.3 Å². The Morgan fingerprint density at radius 2 is 2.10 bits per heavy atom. The van der Waals surface area contributed by atoms with Gasteiger partial charge in [0.15, 0.2) is 0 Å². The van der Waals surface area contributed by atoms with E-state index in [1.54, 1.807) is 7.11 Å². The lowest BCUT2D eigenvalue weighted by Crippen LogP contribution is -2.44. The molecule has 3 heteroatoms. The van der Waals surface area contributed by atoms with Crippen molar-refractivity contribution in [1.82, 2.24) is 5.32 Å². The molecule has 0 aliphatic heterocycles. The van der Waals surface area contributed by atoms with Gasteiger partial charge in [-0.2, -0.15) is 0 Å². The molecule has 2 rings (SSSR count). The van der Waals surface area contributed by atoms with Crippen LogP contribution in [0.1, 0.15) is 44.6 Å². The van der Waals surface area contributed by atoms with Gasteiger partial charge in [-0.1, -0.05) is 41.9 Å². The first-order valence-electron chi connectivity index (χ1n) is 7.48. The van der Waals surface area contributed by atoms with E-state index >= 15 is 0 Å². The molecule has 1 aromatic rings. The maximum absolute atomic E-state index is 5.18. The van der Waals surface area contributed by atoms with Crippen molar-refractivity contribution in [2.75, 3.05) is 20.3 Å². The maximum Gasteiger partial charge on any atom is 0.0467 e. The zero-order valence-electron chi connectivity index (χ0n) is 12.8. The number of ether oxygens (including phenoxy) is 1. The van der Waals surface area contributed by atoms with Crippen molar-refractivity contribution in [3.05, 3.63) is 34.3 Å². The molecule has 0 bridgehead atoms. The topological polar surface area (TPSA) is 21.3 Å². The van der Waals surface area contributed by atoms with Crippen LogP contribution in [0.2, 0.25) is 0 Å². The summed E-state index contributed by atoms with van der Waals surface area (Å²) in [4.78, 5) is 0. The highest BCUT2D eigenvalue weighted by Crippen LogP contribution is 2.38. The minimum absolute atomic E-state index is 0.316. The molecular formula is C17H26BrNO. The third-order valence-corrected chi connectivity index (χ3v) is 4.80. The molecule has 0 amide bonds. The van der Waals surface area contributed by atoms with Crippen LogP contribution in [0, 0.1) is 5.41 Å². The van der Waals surface area contributed by atoms with E-state index in [0.29, 0.717) is 11.5 Å². The Hall–Kier alpha value is -0.380. The van der Waals surface area contributed by atoms with Gasteiger partial charge in [0.2, 0.25) is 0 Å². The Labute approximate surface area is 131 Å². The van der Waals surface area contributed by atoms with Crippen LogP contribution in [0.15, 0.2) is 28.7 Å². The Morgan fingerprint density at radius 3 is 2.75 bits per heavy atom. The summed E-state index contributed by atoms with van der Waals surface area (Å²) in [6, 6.07) is 9.41. The fourth-order valence-corrected chi connectivity index (χ4v) is 3.12. The Morgan fingerprint density at radius 1 is 1.35 bits per heavy atom. The minimum Gasteiger partial charge on any atom is -0.385 e. The molecule has 0 atom stereocenters.